The van der Waals surface area contributed by atoms with Gasteiger partial charge in [0, 0.05) is 31.1 Å². The van der Waals surface area contributed by atoms with Crippen molar-refractivity contribution in [1.29, 1.82) is 0 Å². The first-order valence-electron chi connectivity index (χ1n) is 8.60. The summed E-state index contributed by atoms with van der Waals surface area (Å²) in [7, 11) is 1.40. The third kappa shape index (κ3) is 2.75. The predicted octanol–water partition coefficient (Wildman–Crippen LogP) is 1.82. The van der Waals surface area contributed by atoms with Crippen LogP contribution in [-0.2, 0) is 9.59 Å². The highest BCUT2D eigenvalue weighted by atomic mass is 16.2. The lowest BCUT2D eigenvalue weighted by molar-refractivity contribution is -0.121. The van der Waals surface area contributed by atoms with E-state index in [0.717, 1.165) is 9.80 Å². The number of hydrogen-bond acceptors (Lipinski definition) is 5. The Bertz CT molecular complexity index is 1040. The SMILES string of the molecule is CN1C(=O)c2ccc(NC(=O)c3ccc(N4C(=O)CCC4=O)cc3)cc2C1=O. The summed E-state index contributed by atoms with van der Waals surface area (Å²) >= 11 is 0. The van der Waals surface area contributed by atoms with Crippen molar-refractivity contribution in [3.63, 3.8) is 0 Å². The zero-order valence-electron chi connectivity index (χ0n) is 14.9. The van der Waals surface area contributed by atoms with Crippen molar-refractivity contribution in [2.45, 2.75) is 12.8 Å². The molecule has 8 nitrogen and oxygen atoms in total. The van der Waals surface area contributed by atoms with Gasteiger partial charge in [-0.15, -0.1) is 0 Å². The van der Waals surface area contributed by atoms with Crippen molar-refractivity contribution < 1.29 is 24.0 Å². The zero-order valence-corrected chi connectivity index (χ0v) is 14.9. The Kier molecular flexibility index (Phi) is 4.03. The molecule has 1 saturated heterocycles. The fraction of sp³-hybridized carbons (Fsp3) is 0.150. The summed E-state index contributed by atoms with van der Waals surface area (Å²) in [5, 5.41) is 2.68. The first-order valence-corrected chi connectivity index (χ1v) is 8.60. The maximum Gasteiger partial charge on any atom is 0.261 e. The number of hydrogen-bond donors (Lipinski definition) is 1. The Labute approximate surface area is 159 Å². The average Bonchev–Trinajstić information content (AvgIpc) is 3.13. The summed E-state index contributed by atoms with van der Waals surface area (Å²) in [6.45, 7) is 0. The smallest absolute Gasteiger partial charge is 0.261 e. The highest BCUT2D eigenvalue weighted by Gasteiger charge is 2.33. The van der Waals surface area contributed by atoms with E-state index < -0.39 is 11.8 Å². The zero-order chi connectivity index (χ0) is 20.0. The van der Waals surface area contributed by atoms with Crippen LogP contribution in [0.3, 0.4) is 0 Å². The van der Waals surface area contributed by atoms with Crippen LogP contribution in [0, 0.1) is 0 Å². The van der Waals surface area contributed by atoms with Gasteiger partial charge in [-0.3, -0.25) is 33.8 Å². The third-order valence-corrected chi connectivity index (χ3v) is 4.79. The first kappa shape index (κ1) is 17.6. The van der Waals surface area contributed by atoms with E-state index in [9.17, 15) is 24.0 Å². The highest BCUT2D eigenvalue weighted by Crippen LogP contribution is 2.26. The van der Waals surface area contributed by atoms with Crippen molar-refractivity contribution >= 4 is 40.9 Å². The molecule has 28 heavy (non-hydrogen) atoms. The molecule has 2 aromatic rings. The quantitative estimate of drug-likeness (QED) is 0.822. The van der Waals surface area contributed by atoms with Gasteiger partial charge >= 0.3 is 0 Å². The van der Waals surface area contributed by atoms with Gasteiger partial charge < -0.3 is 5.32 Å². The molecule has 140 valence electrons. The number of amides is 5. The number of imide groups is 2. The van der Waals surface area contributed by atoms with Crippen LogP contribution in [0.1, 0.15) is 43.9 Å². The second kappa shape index (κ2) is 6.41. The fourth-order valence-corrected chi connectivity index (χ4v) is 3.27. The maximum absolute atomic E-state index is 12.5. The number of benzene rings is 2. The molecule has 0 atom stereocenters. The van der Waals surface area contributed by atoms with E-state index in [0.29, 0.717) is 22.5 Å². The lowest BCUT2D eigenvalue weighted by Crippen LogP contribution is -2.28. The second-order valence-electron chi connectivity index (χ2n) is 6.55. The Hall–Kier alpha value is -3.81. The molecular formula is C20H15N3O5. The molecular weight excluding hydrogens is 362 g/mol. The summed E-state index contributed by atoms with van der Waals surface area (Å²) in [4.78, 5) is 62.1. The molecule has 0 spiro atoms. The molecule has 0 saturated carbocycles. The molecule has 0 aromatic heterocycles. The second-order valence-corrected chi connectivity index (χ2v) is 6.55. The van der Waals surface area contributed by atoms with Crippen molar-refractivity contribution in [3.05, 3.63) is 59.2 Å². The van der Waals surface area contributed by atoms with Gasteiger partial charge in [0.15, 0.2) is 0 Å². The average molecular weight is 377 g/mol. The number of nitrogens with zero attached hydrogens (tertiary/aromatic N) is 2. The molecule has 2 aliphatic rings. The van der Waals surface area contributed by atoms with Crippen LogP contribution >= 0.6 is 0 Å². The molecule has 0 unspecified atom stereocenters. The van der Waals surface area contributed by atoms with Gasteiger partial charge in [-0.05, 0) is 42.5 Å². The van der Waals surface area contributed by atoms with Crippen molar-refractivity contribution in [2.75, 3.05) is 17.3 Å². The van der Waals surface area contributed by atoms with Gasteiger partial charge in [0.05, 0.1) is 16.8 Å². The van der Waals surface area contributed by atoms with Crippen molar-refractivity contribution in [3.8, 4) is 0 Å². The van der Waals surface area contributed by atoms with E-state index in [-0.39, 0.29) is 36.1 Å². The van der Waals surface area contributed by atoms with E-state index >= 15 is 0 Å². The number of carbonyl (C=O) groups excluding carboxylic acids is 5. The summed E-state index contributed by atoms with van der Waals surface area (Å²) in [5.74, 6) is -1.73. The van der Waals surface area contributed by atoms with E-state index in [1.54, 1.807) is 6.07 Å². The highest BCUT2D eigenvalue weighted by molar-refractivity contribution is 6.22. The molecule has 4 rings (SSSR count). The van der Waals surface area contributed by atoms with Crippen LogP contribution in [0.25, 0.3) is 0 Å². The largest absolute Gasteiger partial charge is 0.322 e. The Morgan fingerprint density at radius 1 is 0.857 bits per heavy atom. The van der Waals surface area contributed by atoms with E-state index in [1.165, 1.54) is 43.4 Å². The standard InChI is InChI=1S/C20H15N3O5/c1-22-19(27)14-7-4-12(10-15(14)20(22)28)21-18(26)11-2-5-13(6-3-11)23-16(24)8-9-17(23)25/h2-7,10H,8-9H2,1H3,(H,21,26). The lowest BCUT2D eigenvalue weighted by Gasteiger charge is -2.14. The molecule has 5 amide bonds. The monoisotopic (exact) mass is 377 g/mol. The maximum atomic E-state index is 12.5. The van der Waals surface area contributed by atoms with Gasteiger partial charge in [-0.1, -0.05) is 0 Å². The number of carbonyl (C=O) groups is 5. The Balaban J connectivity index is 1.52. The molecule has 0 aliphatic carbocycles. The Morgan fingerprint density at radius 3 is 2.11 bits per heavy atom. The Morgan fingerprint density at radius 2 is 1.46 bits per heavy atom. The molecule has 8 heteroatoms. The summed E-state index contributed by atoms with van der Waals surface area (Å²) < 4.78 is 0. The van der Waals surface area contributed by atoms with Crippen LogP contribution in [0.15, 0.2) is 42.5 Å². The van der Waals surface area contributed by atoms with Gasteiger partial charge in [0.2, 0.25) is 11.8 Å². The summed E-state index contributed by atoms with van der Waals surface area (Å²) in [5.41, 5.74) is 1.67. The minimum absolute atomic E-state index is 0.190. The molecule has 2 aromatic carbocycles. The molecule has 1 fully saturated rings. The normalized spacial score (nSPS) is 16.0. The summed E-state index contributed by atoms with van der Waals surface area (Å²) in [6, 6.07) is 10.6. The topological polar surface area (TPSA) is 104 Å². The van der Waals surface area contributed by atoms with E-state index in [2.05, 4.69) is 5.32 Å². The van der Waals surface area contributed by atoms with E-state index in [4.69, 9.17) is 0 Å². The number of anilines is 2. The van der Waals surface area contributed by atoms with Gasteiger partial charge in [-0.25, -0.2) is 0 Å². The van der Waals surface area contributed by atoms with Crippen LogP contribution in [0.5, 0.6) is 0 Å². The number of fused-ring (bicyclic) bond motifs is 1. The van der Waals surface area contributed by atoms with Crippen molar-refractivity contribution in [1.82, 2.24) is 4.90 Å². The lowest BCUT2D eigenvalue weighted by atomic mass is 10.1. The van der Waals surface area contributed by atoms with Gasteiger partial charge in [-0.2, -0.15) is 0 Å². The number of rotatable bonds is 3. The molecule has 0 bridgehead atoms. The molecule has 2 aliphatic heterocycles. The van der Waals surface area contributed by atoms with Crippen LogP contribution < -0.4 is 10.2 Å². The van der Waals surface area contributed by atoms with Gasteiger partial charge in [0.1, 0.15) is 0 Å². The summed E-state index contributed by atoms with van der Waals surface area (Å²) in [6.07, 6.45) is 0.381. The van der Waals surface area contributed by atoms with Crippen LogP contribution in [0.4, 0.5) is 11.4 Å². The predicted molar refractivity (Wildman–Crippen MR) is 99.0 cm³/mol. The van der Waals surface area contributed by atoms with Gasteiger partial charge in [0.25, 0.3) is 17.7 Å². The molecule has 0 radical (unpaired) electrons. The first-order chi connectivity index (χ1) is 13.4. The van der Waals surface area contributed by atoms with Crippen molar-refractivity contribution in [2.24, 2.45) is 0 Å². The van der Waals surface area contributed by atoms with Crippen LogP contribution in [0.2, 0.25) is 0 Å². The minimum atomic E-state index is -0.421. The number of nitrogens with one attached hydrogen (secondary N) is 1. The fourth-order valence-electron chi connectivity index (χ4n) is 3.27. The third-order valence-electron chi connectivity index (χ3n) is 4.79. The molecule has 1 N–H and O–H groups in total. The van der Waals surface area contributed by atoms with Crippen LogP contribution in [-0.4, -0.2) is 41.5 Å². The minimum Gasteiger partial charge on any atom is -0.322 e. The van der Waals surface area contributed by atoms with E-state index in [1.807, 2.05) is 0 Å². The molecule has 2 heterocycles.